The van der Waals surface area contributed by atoms with Crippen molar-refractivity contribution >= 4 is 5.91 Å². The van der Waals surface area contributed by atoms with Gasteiger partial charge in [0.05, 0.1) is 30.6 Å². The average Bonchev–Trinajstić information content (AvgIpc) is 2.90. The minimum absolute atomic E-state index is 0.0780. The van der Waals surface area contributed by atoms with E-state index < -0.39 is 0 Å². The van der Waals surface area contributed by atoms with Crippen LogP contribution in [0.4, 0.5) is 0 Å². The van der Waals surface area contributed by atoms with E-state index in [2.05, 4.69) is 10.4 Å². The van der Waals surface area contributed by atoms with Gasteiger partial charge in [-0.2, -0.15) is 5.10 Å². The molecule has 0 radical (unpaired) electrons. The first-order valence-electron chi connectivity index (χ1n) is 7.16. The number of hydrogen-bond donors (Lipinski definition) is 2. The van der Waals surface area contributed by atoms with E-state index in [0.717, 1.165) is 17.7 Å². The van der Waals surface area contributed by atoms with Crippen LogP contribution < -0.4 is 5.32 Å². The maximum absolute atomic E-state index is 12.2. The van der Waals surface area contributed by atoms with Crippen LogP contribution in [0.5, 0.6) is 0 Å². The number of hydrogen-bond acceptors (Lipinski definition) is 3. The van der Waals surface area contributed by atoms with Gasteiger partial charge in [0.25, 0.3) is 5.91 Å². The van der Waals surface area contributed by atoms with Crippen molar-refractivity contribution in [2.24, 2.45) is 0 Å². The van der Waals surface area contributed by atoms with Crippen molar-refractivity contribution in [1.82, 2.24) is 15.1 Å². The number of rotatable bonds is 6. The molecule has 0 bridgehead atoms. The summed E-state index contributed by atoms with van der Waals surface area (Å²) in [6.07, 6.45) is 2.32. The van der Waals surface area contributed by atoms with E-state index in [9.17, 15) is 4.79 Å². The molecule has 1 unspecified atom stereocenters. The van der Waals surface area contributed by atoms with Gasteiger partial charge in [0.2, 0.25) is 0 Å². The SMILES string of the molecule is CCc1c(C(=O)NC(C)CO)cnn1Cc1ccccc1. The maximum atomic E-state index is 12.2. The Morgan fingerprint density at radius 3 is 2.71 bits per heavy atom. The Bertz CT molecular complexity index is 593. The van der Waals surface area contributed by atoms with Crippen LogP contribution in [0, 0.1) is 0 Å². The van der Waals surface area contributed by atoms with Crippen molar-refractivity contribution in [1.29, 1.82) is 0 Å². The zero-order valence-electron chi connectivity index (χ0n) is 12.4. The second kappa shape index (κ2) is 7.04. The highest BCUT2D eigenvalue weighted by Gasteiger charge is 2.17. The Morgan fingerprint density at radius 1 is 1.38 bits per heavy atom. The van der Waals surface area contributed by atoms with Gasteiger partial charge >= 0.3 is 0 Å². The van der Waals surface area contributed by atoms with Crippen molar-refractivity contribution in [3.05, 3.63) is 53.3 Å². The summed E-state index contributed by atoms with van der Waals surface area (Å²) in [5.74, 6) is -0.187. The summed E-state index contributed by atoms with van der Waals surface area (Å²) in [6, 6.07) is 9.76. The molecule has 1 aromatic carbocycles. The largest absolute Gasteiger partial charge is 0.394 e. The summed E-state index contributed by atoms with van der Waals surface area (Å²) in [5.41, 5.74) is 2.63. The van der Waals surface area contributed by atoms with Crippen LogP contribution in [0.25, 0.3) is 0 Å². The second-order valence-electron chi connectivity index (χ2n) is 5.06. The number of carbonyl (C=O) groups excluding carboxylic acids is 1. The number of carbonyl (C=O) groups is 1. The van der Waals surface area contributed by atoms with E-state index in [0.29, 0.717) is 12.1 Å². The fourth-order valence-corrected chi connectivity index (χ4v) is 2.21. The van der Waals surface area contributed by atoms with Crippen LogP contribution in [0.15, 0.2) is 36.5 Å². The summed E-state index contributed by atoms with van der Waals surface area (Å²) in [7, 11) is 0. The van der Waals surface area contributed by atoms with E-state index in [1.54, 1.807) is 13.1 Å². The molecule has 0 aliphatic rings. The average molecular weight is 287 g/mol. The van der Waals surface area contributed by atoms with E-state index in [1.807, 2.05) is 41.9 Å². The molecule has 0 fully saturated rings. The highest BCUT2D eigenvalue weighted by atomic mass is 16.3. The van der Waals surface area contributed by atoms with Gasteiger partial charge in [0.1, 0.15) is 0 Å². The predicted octanol–water partition coefficient (Wildman–Crippen LogP) is 1.60. The zero-order chi connectivity index (χ0) is 15.2. The molecule has 2 N–H and O–H groups in total. The molecular formula is C16H21N3O2. The highest BCUT2D eigenvalue weighted by molar-refractivity contribution is 5.95. The number of aliphatic hydroxyl groups excluding tert-OH is 1. The molecule has 21 heavy (non-hydrogen) atoms. The lowest BCUT2D eigenvalue weighted by Gasteiger charge is -2.11. The Morgan fingerprint density at radius 2 is 2.10 bits per heavy atom. The number of aromatic nitrogens is 2. The third-order valence-corrected chi connectivity index (χ3v) is 3.35. The number of benzene rings is 1. The monoisotopic (exact) mass is 287 g/mol. The van der Waals surface area contributed by atoms with Gasteiger partial charge in [-0.1, -0.05) is 37.3 Å². The van der Waals surface area contributed by atoms with Crippen LogP contribution in [0.1, 0.15) is 35.5 Å². The molecule has 0 saturated carbocycles. The van der Waals surface area contributed by atoms with E-state index in [-0.39, 0.29) is 18.6 Å². The number of amides is 1. The van der Waals surface area contributed by atoms with Crippen molar-refractivity contribution in [2.45, 2.75) is 32.9 Å². The third kappa shape index (κ3) is 3.70. The van der Waals surface area contributed by atoms with Crippen LogP contribution in [0.2, 0.25) is 0 Å². The standard InChI is InChI=1S/C16H21N3O2/c1-3-15-14(16(21)18-12(2)11-20)9-17-19(15)10-13-7-5-4-6-8-13/h4-9,12,20H,3,10-11H2,1-2H3,(H,18,21). The topological polar surface area (TPSA) is 67.2 Å². The first-order chi connectivity index (χ1) is 10.2. The van der Waals surface area contributed by atoms with Gasteiger partial charge in [0, 0.05) is 6.04 Å². The summed E-state index contributed by atoms with van der Waals surface area (Å²) in [4.78, 5) is 12.2. The fraction of sp³-hybridized carbons (Fsp3) is 0.375. The van der Waals surface area contributed by atoms with Gasteiger partial charge in [-0.15, -0.1) is 0 Å². The van der Waals surface area contributed by atoms with E-state index in [1.165, 1.54) is 0 Å². The Kier molecular flexibility index (Phi) is 5.11. The minimum atomic E-state index is -0.264. The Hall–Kier alpha value is -2.14. The van der Waals surface area contributed by atoms with Gasteiger partial charge in [-0.05, 0) is 18.9 Å². The van der Waals surface area contributed by atoms with Crippen molar-refractivity contribution < 1.29 is 9.90 Å². The molecule has 5 heteroatoms. The molecule has 2 aromatic rings. The number of nitrogens with one attached hydrogen (secondary N) is 1. The minimum Gasteiger partial charge on any atom is -0.394 e. The number of aliphatic hydroxyl groups is 1. The molecule has 0 spiro atoms. The molecule has 112 valence electrons. The number of nitrogens with zero attached hydrogens (tertiary/aromatic N) is 2. The lowest BCUT2D eigenvalue weighted by molar-refractivity contribution is 0.0921. The zero-order valence-corrected chi connectivity index (χ0v) is 12.4. The highest BCUT2D eigenvalue weighted by Crippen LogP contribution is 2.12. The van der Waals surface area contributed by atoms with Crippen LogP contribution >= 0.6 is 0 Å². The quantitative estimate of drug-likeness (QED) is 0.848. The van der Waals surface area contributed by atoms with E-state index in [4.69, 9.17) is 5.11 Å². The summed E-state index contributed by atoms with van der Waals surface area (Å²) in [6.45, 7) is 4.33. The second-order valence-corrected chi connectivity index (χ2v) is 5.06. The molecule has 1 aromatic heterocycles. The normalized spacial score (nSPS) is 12.1. The summed E-state index contributed by atoms with van der Waals surface area (Å²) >= 11 is 0. The smallest absolute Gasteiger partial charge is 0.255 e. The van der Waals surface area contributed by atoms with Crippen molar-refractivity contribution in [2.75, 3.05) is 6.61 Å². The first-order valence-corrected chi connectivity index (χ1v) is 7.16. The van der Waals surface area contributed by atoms with Crippen LogP contribution in [-0.2, 0) is 13.0 Å². The molecule has 2 rings (SSSR count). The molecule has 5 nitrogen and oxygen atoms in total. The van der Waals surface area contributed by atoms with Gasteiger partial charge in [-0.3, -0.25) is 9.48 Å². The predicted molar refractivity (Wildman–Crippen MR) is 81.2 cm³/mol. The molecule has 1 atom stereocenters. The Balaban J connectivity index is 2.20. The van der Waals surface area contributed by atoms with Gasteiger partial charge in [0.15, 0.2) is 0 Å². The molecule has 1 amide bonds. The van der Waals surface area contributed by atoms with Gasteiger partial charge < -0.3 is 10.4 Å². The molecule has 0 aliphatic heterocycles. The third-order valence-electron chi connectivity index (χ3n) is 3.35. The first kappa shape index (κ1) is 15.3. The van der Waals surface area contributed by atoms with Gasteiger partial charge in [-0.25, -0.2) is 0 Å². The van der Waals surface area contributed by atoms with E-state index >= 15 is 0 Å². The lowest BCUT2D eigenvalue weighted by atomic mass is 10.1. The van der Waals surface area contributed by atoms with Crippen molar-refractivity contribution in [3.8, 4) is 0 Å². The molecular weight excluding hydrogens is 266 g/mol. The summed E-state index contributed by atoms with van der Waals surface area (Å²) in [5, 5.41) is 16.1. The molecule has 0 aliphatic carbocycles. The summed E-state index contributed by atoms with van der Waals surface area (Å²) < 4.78 is 1.86. The fourth-order valence-electron chi connectivity index (χ4n) is 2.21. The lowest BCUT2D eigenvalue weighted by Crippen LogP contribution is -2.35. The Labute approximate surface area is 124 Å². The van der Waals surface area contributed by atoms with Crippen LogP contribution in [0.3, 0.4) is 0 Å². The molecule has 1 heterocycles. The van der Waals surface area contributed by atoms with Crippen molar-refractivity contribution in [3.63, 3.8) is 0 Å². The molecule has 0 saturated heterocycles. The maximum Gasteiger partial charge on any atom is 0.255 e. The van der Waals surface area contributed by atoms with Crippen LogP contribution in [-0.4, -0.2) is 33.4 Å².